The fourth-order valence-electron chi connectivity index (χ4n) is 1.99. The lowest BCUT2D eigenvalue weighted by molar-refractivity contribution is 1.03. The van der Waals surface area contributed by atoms with Crippen molar-refractivity contribution in [2.24, 2.45) is 0 Å². The number of halogens is 1. The predicted octanol–water partition coefficient (Wildman–Crippen LogP) is 1.65. The van der Waals surface area contributed by atoms with E-state index < -0.39 is 0 Å². The van der Waals surface area contributed by atoms with Crippen molar-refractivity contribution in [3.05, 3.63) is 45.5 Å². The number of H-pyrrole nitrogens is 1. The first-order valence-electron chi connectivity index (χ1n) is 5.57. The van der Waals surface area contributed by atoms with Crippen LogP contribution in [0, 0.1) is 6.92 Å². The van der Waals surface area contributed by atoms with Gasteiger partial charge in [-0.1, -0.05) is 23.7 Å². The predicted molar refractivity (Wildman–Crippen MR) is 73.6 cm³/mol. The normalized spacial score (nSPS) is 11.1. The van der Waals surface area contributed by atoms with Gasteiger partial charge in [0.25, 0.3) is 5.56 Å². The highest BCUT2D eigenvalue weighted by molar-refractivity contribution is 6.32. The second-order valence-electron chi connectivity index (χ2n) is 4.08. The molecule has 0 bridgehead atoms. The third kappa shape index (κ3) is 1.77. The molecule has 0 spiro atoms. The monoisotopic (exact) mass is 275 g/mol. The molecular formula is C12H10ClN5O. The van der Waals surface area contributed by atoms with E-state index in [1.807, 2.05) is 6.07 Å². The number of benzene rings is 1. The van der Waals surface area contributed by atoms with E-state index in [2.05, 4.69) is 15.0 Å². The summed E-state index contributed by atoms with van der Waals surface area (Å²) in [4.78, 5) is 23.0. The van der Waals surface area contributed by atoms with Crippen LogP contribution in [0.2, 0.25) is 5.02 Å². The van der Waals surface area contributed by atoms with Crippen LogP contribution in [0.1, 0.15) is 5.82 Å². The van der Waals surface area contributed by atoms with Crippen molar-refractivity contribution in [2.75, 3.05) is 5.73 Å². The molecule has 0 atom stereocenters. The molecule has 19 heavy (non-hydrogen) atoms. The van der Waals surface area contributed by atoms with Crippen LogP contribution in [0.4, 0.5) is 5.95 Å². The lowest BCUT2D eigenvalue weighted by atomic mass is 10.3. The zero-order chi connectivity index (χ0) is 13.6. The first-order chi connectivity index (χ1) is 9.08. The molecule has 0 amide bonds. The molecule has 0 unspecified atom stereocenters. The minimum Gasteiger partial charge on any atom is -0.369 e. The Hall–Kier alpha value is -2.34. The fourth-order valence-corrected chi connectivity index (χ4v) is 2.21. The van der Waals surface area contributed by atoms with Gasteiger partial charge in [0, 0.05) is 0 Å². The van der Waals surface area contributed by atoms with E-state index in [9.17, 15) is 4.79 Å². The molecule has 1 aromatic carbocycles. The molecule has 96 valence electrons. The number of hydrogen-bond donors (Lipinski definition) is 2. The smallest absolute Gasteiger partial charge is 0.277 e. The number of imidazole rings is 1. The van der Waals surface area contributed by atoms with Gasteiger partial charge in [0.2, 0.25) is 5.95 Å². The topological polar surface area (TPSA) is 89.6 Å². The lowest BCUT2D eigenvalue weighted by Gasteiger charge is -2.07. The highest BCUT2D eigenvalue weighted by Crippen LogP contribution is 2.25. The number of aromatic nitrogens is 4. The number of nitrogens with two attached hydrogens (primary N) is 1. The Labute approximate surface area is 112 Å². The Bertz CT molecular complexity index is 836. The molecule has 0 aliphatic rings. The number of nitrogen functional groups attached to an aromatic ring is 1. The molecule has 0 aliphatic heterocycles. The highest BCUT2D eigenvalue weighted by Gasteiger charge is 2.16. The van der Waals surface area contributed by atoms with Crippen molar-refractivity contribution in [1.82, 2.24) is 19.5 Å². The zero-order valence-corrected chi connectivity index (χ0v) is 10.8. The number of aromatic amines is 1. The molecule has 3 N–H and O–H groups in total. The van der Waals surface area contributed by atoms with Gasteiger partial charge < -0.3 is 10.7 Å². The van der Waals surface area contributed by atoms with E-state index in [4.69, 9.17) is 17.3 Å². The molecule has 2 aromatic heterocycles. The van der Waals surface area contributed by atoms with Crippen molar-refractivity contribution in [2.45, 2.75) is 6.92 Å². The molecule has 0 saturated carbocycles. The van der Waals surface area contributed by atoms with E-state index in [0.717, 1.165) is 0 Å². The molecule has 0 radical (unpaired) electrons. The Morgan fingerprint density at radius 2 is 2.05 bits per heavy atom. The van der Waals surface area contributed by atoms with Crippen LogP contribution in [0.15, 0.2) is 29.1 Å². The summed E-state index contributed by atoms with van der Waals surface area (Å²) >= 11 is 6.13. The van der Waals surface area contributed by atoms with E-state index >= 15 is 0 Å². The Morgan fingerprint density at radius 1 is 1.32 bits per heavy atom. The van der Waals surface area contributed by atoms with Crippen LogP contribution in [-0.4, -0.2) is 19.5 Å². The molecule has 7 heteroatoms. The number of para-hydroxylation sites is 1. The van der Waals surface area contributed by atoms with Crippen LogP contribution in [0.25, 0.3) is 16.9 Å². The van der Waals surface area contributed by atoms with Gasteiger partial charge in [-0.15, -0.1) is 0 Å². The largest absolute Gasteiger partial charge is 0.369 e. The summed E-state index contributed by atoms with van der Waals surface area (Å²) < 4.78 is 1.50. The van der Waals surface area contributed by atoms with Crippen LogP contribution >= 0.6 is 11.6 Å². The Morgan fingerprint density at radius 3 is 2.79 bits per heavy atom. The van der Waals surface area contributed by atoms with Gasteiger partial charge in [-0.05, 0) is 19.1 Å². The van der Waals surface area contributed by atoms with E-state index in [0.29, 0.717) is 22.2 Å². The Kier molecular flexibility index (Phi) is 2.53. The summed E-state index contributed by atoms with van der Waals surface area (Å²) in [7, 11) is 0. The van der Waals surface area contributed by atoms with E-state index in [1.54, 1.807) is 25.1 Å². The number of fused-ring (bicyclic) bond motifs is 1. The number of nitrogens with one attached hydrogen (secondary N) is 1. The summed E-state index contributed by atoms with van der Waals surface area (Å²) in [5.74, 6) is 0.660. The number of anilines is 1. The van der Waals surface area contributed by atoms with Crippen molar-refractivity contribution >= 4 is 28.7 Å². The van der Waals surface area contributed by atoms with Crippen molar-refractivity contribution in [3.63, 3.8) is 0 Å². The lowest BCUT2D eigenvalue weighted by Crippen LogP contribution is -2.13. The maximum absolute atomic E-state index is 12.1. The molecule has 6 nitrogen and oxygen atoms in total. The second-order valence-corrected chi connectivity index (χ2v) is 4.49. The number of rotatable bonds is 1. The zero-order valence-electron chi connectivity index (χ0n) is 10.0. The van der Waals surface area contributed by atoms with Crippen LogP contribution in [0.3, 0.4) is 0 Å². The summed E-state index contributed by atoms with van der Waals surface area (Å²) in [6.45, 7) is 1.69. The SMILES string of the molecule is Cc1nc2nc(N)n(-c3ccccc3Cl)c2c(=O)[nH]1. The molecule has 3 aromatic rings. The molecule has 2 heterocycles. The summed E-state index contributed by atoms with van der Waals surface area (Å²) in [5.41, 5.74) is 6.76. The number of aryl methyl sites for hydroxylation is 1. The van der Waals surface area contributed by atoms with Crippen LogP contribution in [-0.2, 0) is 0 Å². The summed E-state index contributed by atoms with van der Waals surface area (Å²) in [6.07, 6.45) is 0. The standard InChI is InChI=1S/C12H10ClN5O/c1-6-15-10-9(11(19)16-6)18(12(14)17-10)8-5-3-2-4-7(8)13/h2-5H,1H3,(H3,14,15,16,17,19). The van der Waals surface area contributed by atoms with Gasteiger partial charge in [0.05, 0.1) is 10.7 Å². The fraction of sp³-hybridized carbons (Fsp3) is 0.0833. The van der Waals surface area contributed by atoms with Crippen LogP contribution in [0.5, 0.6) is 0 Å². The van der Waals surface area contributed by atoms with E-state index in [1.165, 1.54) is 4.57 Å². The van der Waals surface area contributed by atoms with Crippen molar-refractivity contribution < 1.29 is 0 Å². The van der Waals surface area contributed by atoms with Gasteiger partial charge in [0.15, 0.2) is 11.2 Å². The summed E-state index contributed by atoms with van der Waals surface area (Å²) in [6, 6.07) is 7.09. The average molecular weight is 276 g/mol. The van der Waals surface area contributed by atoms with Crippen molar-refractivity contribution in [1.29, 1.82) is 0 Å². The molecular weight excluding hydrogens is 266 g/mol. The quantitative estimate of drug-likeness (QED) is 0.707. The number of nitrogens with zero attached hydrogens (tertiary/aromatic N) is 3. The maximum atomic E-state index is 12.1. The first-order valence-corrected chi connectivity index (χ1v) is 5.95. The van der Waals surface area contributed by atoms with Gasteiger partial charge in [-0.3, -0.25) is 9.36 Å². The molecule has 0 saturated heterocycles. The van der Waals surface area contributed by atoms with Gasteiger partial charge in [0.1, 0.15) is 5.82 Å². The summed E-state index contributed by atoms with van der Waals surface area (Å²) in [5, 5.41) is 0.480. The number of hydrogen-bond acceptors (Lipinski definition) is 4. The minimum absolute atomic E-state index is 0.173. The van der Waals surface area contributed by atoms with Gasteiger partial charge in [-0.2, -0.15) is 4.98 Å². The first kappa shape index (κ1) is 11.7. The van der Waals surface area contributed by atoms with Gasteiger partial charge in [-0.25, -0.2) is 4.98 Å². The van der Waals surface area contributed by atoms with Crippen molar-refractivity contribution in [3.8, 4) is 5.69 Å². The van der Waals surface area contributed by atoms with Crippen LogP contribution < -0.4 is 11.3 Å². The van der Waals surface area contributed by atoms with E-state index in [-0.39, 0.29) is 17.0 Å². The third-order valence-electron chi connectivity index (χ3n) is 2.76. The molecule has 0 fully saturated rings. The van der Waals surface area contributed by atoms with Gasteiger partial charge >= 0.3 is 0 Å². The highest BCUT2D eigenvalue weighted by atomic mass is 35.5. The molecule has 0 aliphatic carbocycles. The third-order valence-corrected chi connectivity index (χ3v) is 3.08. The maximum Gasteiger partial charge on any atom is 0.277 e. The Balaban J connectivity index is 2.46. The average Bonchev–Trinajstić information content (AvgIpc) is 2.66. The molecule has 3 rings (SSSR count). The second kappa shape index (κ2) is 4.10. The minimum atomic E-state index is -0.299.